The molecule has 0 aliphatic heterocycles. The van der Waals surface area contributed by atoms with Gasteiger partial charge in [-0.2, -0.15) is 4.99 Å². The van der Waals surface area contributed by atoms with Crippen LogP contribution in [0.15, 0.2) is 53.5 Å². The van der Waals surface area contributed by atoms with Crippen molar-refractivity contribution in [3.63, 3.8) is 0 Å². The third-order valence-electron chi connectivity index (χ3n) is 3.83. The maximum atomic E-state index is 12.5. The fraction of sp³-hybridized carbons (Fsp3) is 0.158. The molecule has 0 unspecified atom stereocenters. The van der Waals surface area contributed by atoms with Gasteiger partial charge in [-0.1, -0.05) is 29.8 Å². The van der Waals surface area contributed by atoms with Gasteiger partial charge in [0.1, 0.15) is 5.75 Å². The molecular formula is C19H17ClN2O2S. The summed E-state index contributed by atoms with van der Waals surface area (Å²) in [6, 6.07) is 14.6. The Kier molecular flexibility index (Phi) is 5.06. The van der Waals surface area contributed by atoms with Crippen molar-refractivity contribution >= 4 is 28.8 Å². The number of rotatable bonds is 3. The quantitative estimate of drug-likeness (QED) is 0.681. The molecule has 0 saturated carbocycles. The predicted octanol–water partition coefficient (Wildman–Crippen LogP) is 4.47. The van der Waals surface area contributed by atoms with Gasteiger partial charge in [0.05, 0.1) is 12.8 Å². The normalized spacial score (nSPS) is 11.6. The largest absolute Gasteiger partial charge is 0.497 e. The van der Waals surface area contributed by atoms with Crippen molar-refractivity contribution in [3.8, 4) is 17.0 Å². The average Bonchev–Trinajstić information content (AvgIpc) is 2.89. The van der Waals surface area contributed by atoms with E-state index in [1.54, 1.807) is 31.4 Å². The summed E-state index contributed by atoms with van der Waals surface area (Å²) >= 11 is 7.45. The van der Waals surface area contributed by atoms with E-state index in [-0.39, 0.29) is 5.91 Å². The molecule has 2 aromatic carbocycles. The van der Waals surface area contributed by atoms with Gasteiger partial charge >= 0.3 is 0 Å². The fourth-order valence-corrected chi connectivity index (χ4v) is 3.70. The molecule has 0 fully saturated rings. The van der Waals surface area contributed by atoms with Crippen LogP contribution in [-0.2, 0) is 7.05 Å². The minimum atomic E-state index is -0.293. The molecule has 0 atom stereocenters. The number of aromatic nitrogens is 1. The first-order chi connectivity index (χ1) is 12.0. The number of methoxy groups -OCH3 is 1. The van der Waals surface area contributed by atoms with E-state index >= 15 is 0 Å². The van der Waals surface area contributed by atoms with Gasteiger partial charge in [-0.05, 0) is 42.8 Å². The van der Waals surface area contributed by atoms with Crippen LogP contribution in [0.4, 0.5) is 0 Å². The van der Waals surface area contributed by atoms with Gasteiger partial charge in [-0.15, -0.1) is 11.3 Å². The summed E-state index contributed by atoms with van der Waals surface area (Å²) in [4.78, 5) is 18.5. The van der Waals surface area contributed by atoms with E-state index in [0.717, 1.165) is 16.1 Å². The first-order valence-corrected chi connectivity index (χ1v) is 8.84. The number of thiazole rings is 1. The highest BCUT2D eigenvalue weighted by Gasteiger charge is 2.12. The Labute approximate surface area is 155 Å². The van der Waals surface area contributed by atoms with Crippen LogP contribution in [0.2, 0.25) is 5.02 Å². The predicted molar refractivity (Wildman–Crippen MR) is 101 cm³/mol. The Morgan fingerprint density at radius 3 is 2.60 bits per heavy atom. The molecule has 128 valence electrons. The molecule has 3 rings (SSSR count). The molecular weight excluding hydrogens is 356 g/mol. The van der Waals surface area contributed by atoms with Gasteiger partial charge in [-0.25, -0.2) is 0 Å². The second-order valence-electron chi connectivity index (χ2n) is 5.50. The van der Waals surface area contributed by atoms with Crippen molar-refractivity contribution in [1.29, 1.82) is 0 Å². The smallest absolute Gasteiger partial charge is 0.279 e. The summed E-state index contributed by atoms with van der Waals surface area (Å²) < 4.78 is 7.09. The molecule has 0 saturated heterocycles. The number of ether oxygens (including phenoxy) is 1. The second kappa shape index (κ2) is 7.25. The van der Waals surface area contributed by atoms with Crippen LogP contribution in [0.1, 0.15) is 15.2 Å². The lowest BCUT2D eigenvalue weighted by Gasteiger charge is -2.05. The van der Waals surface area contributed by atoms with Crippen molar-refractivity contribution < 1.29 is 9.53 Å². The van der Waals surface area contributed by atoms with E-state index in [4.69, 9.17) is 16.3 Å². The second-order valence-corrected chi connectivity index (χ2v) is 7.12. The minimum Gasteiger partial charge on any atom is -0.497 e. The summed E-state index contributed by atoms with van der Waals surface area (Å²) in [5.41, 5.74) is 2.56. The highest BCUT2D eigenvalue weighted by atomic mass is 35.5. The van der Waals surface area contributed by atoms with E-state index in [1.165, 1.54) is 11.3 Å². The van der Waals surface area contributed by atoms with Crippen LogP contribution in [0.3, 0.4) is 0 Å². The molecule has 6 heteroatoms. The summed E-state index contributed by atoms with van der Waals surface area (Å²) in [5.74, 6) is 0.341. The van der Waals surface area contributed by atoms with Gasteiger partial charge < -0.3 is 9.30 Å². The number of carbonyl (C=O) groups is 1. The lowest BCUT2D eigenvalue weighted by Crippen LogP contribution is -2.14. The Morgan fingerprint density at radius 2 is 1.92 bits per heavy atom. The zero-order valence-corrected chi connectivity index (χ0v) is 15.7. The van der Waals surface area contributed by atoms with Crippen LogP contribution < -0.4 is 9.54 Å². The topological polar surface area (TPSA) is 43.6 Å². The van der Waals surface area contributed by atoms with Crippen LogP contribution in [-0.4, -0.2) is 17.6 Å². The zero-order valence-electron chi connectivity index (χ0n) is 14.1. The van der Waals surface area contributed by atoms with E-state index in [0.29, 0.717) is 21.1 Å². The van der Waals surface area contributed by atoms with Crippen LogP contribution >= 0.6 is 22.9 Å². The fourth-order valence-electron chi connectivity index (χ4n) is 2.60. The molecule has 1 amide bonds. The van der Waals surface area contributed by atoms with Crippen LogP contribution in [0.5, 0.6) is 5.75 Å². The molecule has 4 nitrogen and oxygen atoms in total. The summed E-state index contributed by atoms with van der Waals surface area (Å²) in [6.45, 7) is 2.02. The maximum absolute atomic E-state index is 12.5. The standard InChI is InChI=1S/C19H17ClN2O2S/c1-12-17(13-7-9-15(20)10-8-13)22(2)19(25-12)21-18(23)14-5-4-6-16(11-14)24-3/h4-11H,1-3H3. The van der Waals surface area contributed by atoms with Crippen molar-refractivity contribution in [1.82, 2.24) is 4.57 Å². The van der Waals surface area contributed by atoms with E-state index in [9.17, 15) is 4.79 Å². The molecule has 0 aliphatic carbocycles. The molecule has 0 spiro atoms. The van der Waals surface area contributed by atoms with Crippen molar-refractivity contribution in [2.75, 3.05) is 7.11 Å². The Morgan fingerprint density at radius 1 is 1.20 bits per heavy atom. The van der Waals surface area contributed by atoms with Crippen molar-refractivity contribution in [3.05, 3.63) is 68.8 Å². The average molecular weight is 373 g/mol. The Bertz CT molecular complexity index is 987. The highest BCUT2D eigenvalue weighted by Crippen LogP contribution is 2.25. The van der Waals surface area contributed by atoms with Gasteiger partial charge in [-0.3, -0.25) is 4.79 Å². The highest BCUT2D eigenvalue weighted by molar-refractivity contribution is 7.09. The Hall–Kier alpha value is -2.37. The Balaban J connectivity index is 2.03. The lowest BCUT2D eigenvalue weighted by atomic mass is 10.1. The molecule has 0 aliphatic rings. The van der Waals surface area contributed by atoms with E-state index < -0.39 is 0 Å². The zero-order chi connectivity index (χ0) is 18.0. The molecule has 0 N–H and O–H groups in total. The number of halogens is 1. The molecule has 1 aromatic heterocycles. The summed E-state index contributed by atoms with van der Waals surface area (Å²) in [7, 11) is 3.48. The molecule has 25 heavy (non-hydrogen) atoms. The number of amides is 1. The summed E-state index contributed by atoms with van der Waals surface area (Å²) in [5, 5.41) is 0.692. The molecule has 0 bridgehead atoms. The SMILES string of the molecule is COc1cccc(C(=O)N=c2sc(C)c(-c3ccc(Cl)cc3)n2C)c1. The molecule has 3 aromatic rings. The van der Waals surface area contributed by atoms with Crippen molar-refractivity contribution in [2.24, 2.45) is 12.0 Å². The van der Waals surface area contributed by atoms with Gasteiger partial charge in [0.15, 0.2) is 4.80 Å². The number of benzene rings is 2. The first kappa shape index (κ1) is 17.5. The number of carbonyl (C=O) groups excluding carboxylic acids is 1. The van der Waals surface area contributed by atoms with Gasteiger partial charge in [0.25, 0.3) is 5.91 Å². The number of hydrogen-bond donors (Lipinski definition) is 0. The monoisotopic (exact) mass is 372 g/mol. The number of aryl methyl sites for hydroxylation is 1. The number of hydrogen-bond acceptors (Lipinski definition) is 3. The summed E-state index contributed by atoms with van der Waals surface area (Å²) in [6.07, 6.45) is 0. The number of nitrogens with zero attached hydrogens (tertiary/aromatic N) is 2. The van der Waals surface area contributed by atoms with Gasteiger partial charge in [0, 0.05) is 22.5 Å². The van der Waals surface area contributed by atoms with Crippen molar-refractivity contribution in [2.45, 2.75) is 6.92 Å². The van der Waals surface area contributed by atoms with Crippen LogP contribution in [0, 0.1) is 6.92 Å². The van der Waals surface area contributed by atoms with E-state index in [1.807, 2.05) is 42.8 Å². The minimum absolute atomic E-state index is 0.293. The first-order valence-electron chi connectivity index (χ1n) is 7.65. The lowest BCUT2D eigenvalue weighted by molar-refractivity contribution is 0.0997. The van der Waals surface area contributed by atoms with Crippen LogP contribution in [0.25, 0.3) is 11.3 Å². The molecule has 0 radical (unpaired) electrons. The maximum Gasteiger partial charge on any atom is 0.279 e. The molecule has 1 heterocycles. The van der Waals surface area contributed by atoms with E-state index in [2.05, 4.69) is 4.99 Å². The third-order valence-corrected chi connectivity index (χ3v) is 5.13. The van der Waals surface area contributed by atoms with Gasteiger partial charge in [0.2, 0.25) is 0 Å². The third kappa shape index (κ3) is 3.67.